The fourth-order valence-corrected chi connectivity index (χ4v) is 4.76. The number of ether oxygens (including phenoxy) is 2. The van der Waals surface area contributed by atoms with Crippen LogP contribution in [0.5, 0.6) is 11.5 Å². The summed E-state index contributed by atoms with van der Waals surface area (Å²) in [5, 5.41) is 6.70. The second-order valence-electron chi connectivity index (χ2n) is 7.41. The Morgan fingerprint density at radius 3 is 2.63 bits per heavy atom. The van der Waals surface area contributed by atoms with Gasteiger partial charge in [0.2, 0.25) is 0 Å². The molecular formula is C20H28ClN3O2S. The number of rotatable bonds is 6. The lowest BCUT2D eigenvalue weighted by molar-refractivity contribution is 0.193. The number of aromatic nitrogens is 1. The molecule has 0 atom stereocenters. The van der Waals surface area contributed by atoms with Crippen molar-refractivity contribution in [1.82, 2.24) is 15.2 Å². The van der Waals surface area contributed by atoms with Crippen molar-refractivity contribution in [3.05, 3.63) is 40.3 Å². The molecule has 1 aromatic heterocycles. The SMILES string of the molecule is COc1ccc(OCc2nc(CN3CCC4(CCNCC4)C3)cs2)cc1.Cl. The molecule has 7 heteroatoms. The van der Waals surface area contributed by atoms with Crippen LogP contribution in [0.3, 0.4) is 0 Å². The largest absolute Gasteiger partial charge is 0.497 e. The van der Waals surface area contributed by atoms with Crippen LogP contribution in [-0.4, -0.2) is 43.2 Å². The summed E-state index contributed by atoms with van der Waals surface area (Å²) in [4.78, 5) is 7.35. The van der Waals surface area contributed by atoms with Crippen LogP contribution in [0.4, 0.5) is 0 Å². The maximum Gasteiger partial charge on any atom is 0.140 e. The monoisotopic (exact) mass is 409 g/mol. The van der Waals surface area contributed by atoms with Gasteiger partial charge >= 0.3 is 0 Å². The first-order valence-electron chi connectivity index (χ1n) is 9.38. The lowest BCUT2D eigenvalue weighted by Crippen LogP contribution is -2.38. The average Bonchev–Trinajstić information content (AvgIpc) is 3.28. The molecule has 2 aromatic rings. The molecule has 2 aliphatic heterocycles. The number of hydrogen-bond donors (Lipinski definition) is 1. The Kier molecular flexibility index (Phi) is 6.98. The van der Waals surface area contributed by atoms with Crippen LogP contribution in [0, 0.1) is 5.41 Å². The van der Waals surface area contributed by atoms with Crippen LogP contribution < -0.4 is 14.8 Å². The second kappa shape index (κ2) is 9.24. The van der Waals surface area contributed by atoms with Crippen LogP contribution in [-0.2, 0) is 13.2 Å². The van der Waals surface area contributed by atoms with E-state index in [-0.39, 0.29) is 12.4 Å². The maximum absolute atomic E-state index is 5.84. The molecule has 2 aliphatic rings. The van der Waals surface area contributed by atoms with Gasteiger partial charge in [0.1, 0.15) is 23.1 Å². The summed E-state index contributed by atoms with van der Waals surface area (Å²) in [7, 11) is 1.67. The maximum atomic E-state index is 5.84. The van der Waals surface area contributed by atoms with Crippen LogP contribution in [0.25, 0.3) is 0 Å². The summed E-state index contributed by atoms with van der Waals surface area (Å²) in [5.41, 5.74) is 1.73. The number of thiazole rings is 1. The Bertz CT molecular complexity index is 716. The molecule has 3 heterocycles. The summed E-state index contributed by atoms with van der Waals surface area (Å²) >= 11 is 1.69. The Labute approximate surface area is 171 Å². The average molecular weight is 410 g/mol. The van der Waals surface area contributed by atoms with Crippen molar-refractivity contribution in [2.75, 3.05) is 33.3 Å². The van der Waals surface area contributed by atoms with E-state index in [1.165, 1.54) is 51.1 Å². The summed E-state index contributed by atoms with van der Waals surface area (Å²) in [6, 6.07) is 7.67. The van der Waals surface area contributed by atoms with Crippen molar-refractivity contribution in [3.63, 3.8) is 0 Å². The smallest absolute Gasteiger partial charge is 0.140 e. The highest BCUT2D eigenvalue weighted by molar-refractivity contribution is 7.09. The van der Waals surface area contributed by atoms with Gasteiger partial charge in [-0.15, -0.1) is 23.7 Å². The van der Waals surface area contributed by atoms with Crippen LogP contribution in [0.1, 0.15) is 30.0 Å². The molecule has 27 heavy (non-hydrogen) atoms. The number of nitrogens with zero attached hydrogens (tertiary/aromatic N) is 2. The minimum absolute atomic E-state index is 0. The third-order valence-corrected chi connectivity index (χ3v) is 6.46. The summed E-state index contributed by atoms with van der Waals surface area (Å²) in [6.45, 7) is 6.27. The van der Waals surface area contributed by atoms with Gasteiger partial charge in [0.15, 0.2) is 0 Å². The van der Waals surface area contributed by atoms with Crippen LogP contribution in [0.15, 0.2) is 29.6 Å². The van der Waals surface area contributed by atoms with Crippen molar-refractivity contribution in [2.24, 2.45) is 5.41 Å². The molecule has 1 N–H and O–H groups in total. The minimum atomic E-state index is 0. The van der Waals surface area contributed by atoms with Gasteiger partial charge in [-0.1, -0.05) is 0 Å². The normalized spacial score (nSPS) is 19.0. The highest BCUT2D eigenvalue weighted by atomic mass is 35.5. The standard InChI is InChI=1S/C20H27N3O2S.ClH/c1-24-17-2-4-18(5-3-17)25-13-19-22-16(14-26-19)12-23-11-8-20(15-23)6-9-21-10-7-20;/h2-5,14,21H,6-13,15H2,1H3;1H. The zero-order valence-electron chi connectivity index (χ0n) is 15.8. The minimum Gasteiger partial charge on any atom is -0.497 e. The number of likely N-dealkylation sites (tertiary alicyclic amines) is 1. The first-order valence-corrected chi connectivity index (χ1v) is 10.3. The molecule has 0 amide bonds. The van der Waals surface area contributed by atoms with Crippen molar-refractivity contribution in [1.29, 1.82) is 0 Å². The van der Waals surface area contributed by atoms with Gasteiger partial charge < -0.3 is 14.8 Å². The first kappa shape index (κ1) is 20.4. The van der Waals surface area contributed by atoms with Gasteiger partial charge in [-0.3, -0.25) is 4.90 Å². The number of halogens is 1. The van der Waals surface area contributed by atoms with E-state index in [2.05, 4.69) is 15.6 Å². The fourth-order valence-electron chi connectivity index (χ4n) is 4.06. The number of piperidine rings is 1. The van der Waals surface area contributed by atoms with Gasteiger partial charge in [0.05, 0.1) is 12.8 Å². The molecule has 0 radical (unpaired) electrons. The second-order valence-corrected chi connectivity index (χ2v) is 8.35. The number of nitrogens with one attached hydrogen (secondary N) is 1. The quantitative estimate of drug-likeness (QED) is 0.787. The molecule has 0 aliphatic carbocycles. The Morgan fingerprint density at radius 2 is 1.89 bits per heavy atom. The van der Waals surface area contributed by atoms with Gasteiger partial charge in [-0.2, -0.15) is 0 Å². The predicted molar refractivity (Wildman–Crippen MR) is 111 cm³/mol. The molecule has 4 rings (SSSR count). The molecule has 0 saturated carbocycles. The summed E-state index contributed by atoms with van der Waals surface area (Å²) < 4.78 is 11.0. The van der Waals surface area contributed by atoms with E-state index in [9.17, 15) is 0 Å². The fraction of sp³-hybridized carbons (Fsp3) is 0.550. The van der Waals surface area contributed by atoms with E-state index < -0.39 is 0 Å². The van der Waals surface area contributed by atoms with E-state index in [0.29, 0.717) is 12.0 Å². The van der Waals surface area contributed by atoms with Crippen molar-refractivity contribution in [3.8, 4) is 11.5 Å². The predicted octanol–water partition coefficient (Wildman–Crippen LogP) is 3.73. The van der Waals surface area contributed by atoms with Crippen molar-refractivity contribution >= 4 is 23.7 Å². The van der Waals surface area contributed by atoms with Gasteiger partial charge in [-0.05, 0) is 68.6 Å². The van der Waals surface area contributed by atoms with E-state index in [1.54, 1.807) is 18.4 Å². The van der Waals surface area contributed by atoms with Crippen molar-refractivity contribution in [2.45, 2.75) is 32.4 Å². The molecule has 148 valence electrons. The number of benzene rings is 1. The summed E-state index contributed by atoms with van der Waals surface area (Å²) in [5.74, 6) is 1.68. The van der Waals surface area contributed by atoms with Gasteiger partial charge in [0.25, 0.3) is 0 Å². The van der Waals surface area contributed by atoms with E-state index in [0.717, 1.165) is 23.1 Å². The molecule has 0 bridgehead atoms. The number of hydrogen-bond acceptors (Lipinski definition) is 6. The molecular weight excluding hydrogens is 382 g/mol. The molecule has 2 fully saturated rings. The Balaban J connectivity index is 0.00000210. The lowest BCUT2D eigenvalue weighted by Gasteiger charge is -2.33. The van der Waals surface area contributed by atoms with E-state index >= 15 is 0 Å². The lowest BCUT2D eigenvalue weighted by atomic mass is 9.78. The molecule has 1 aromatic carbocycles. The van der Waals surface area contributed by atoms with Crippen molar-refractivity contribution < 1.29 is 9.47 Å². The van der Waals surface area contributed by atoms with Gasteiger partial charge in [0, 0.05) is 18.5 Å². The van der Waals surface area contributed by atoms with E-state index in [4.69, 9.17) is 14.5 Å². The molecule has 5 nitrogen and oxygen atoms in total. The Hall–Kier alpha value is -1.34. The Morgan fingerprint density at radius 1 is 1.15 bits per heavy atom. The molecule has 2 saturated heterocycles. The van der Waals surface area contributed by atoms with E-state index in [1.807, 2.05) is 24.3 Å². The molecule has 0 unspecified atom stereocenters. The summed E-state index contributed by atoms with van der Waals surface area (Å²) in [6.07, 6.45) is 3.98. The van der Waals surface area contributed by atoms with Crippen LogP contribution >= 0.6 is 23.7 Å². The highest BCUT2D eigenvalue weighted by Crippen LogP contribution is 2.39. The van der Waals surface area contributed by atoms with Crippen LogP contribution in [0.2, 0.25) is 0 Å². The highest BCUT2D eigenvalue weighted by Gasteiger charge is 2.38. The van der Waals surface area contributed by atoms with Gasteiger partial charge in [-0.25, -0.2) is 4.98 Å². The number of methoxy groups -OCH3 is 1. The first-order chi connectivity index (χ1) is 12.7. The third-order valence-electron chi connectivity index (χ3n) is 5.59. The zero-order chi connectivity index (χ0) is 17.8. The third kappa shape index (κ3) is 5.13. The zero-order valence-corrected chi connectivity index (χ0v) is 17.4. The topological polar surface area (TPSA) is 46.6 Å². The molecule has 1 spiro atoms.